The molecular formula is C18H12FIrN2-. The fraction of sp³-hybridized carbons (Fsp3) is 0.0556. The molecule has 0 aliphatic rings. The summed E-state index contributed by atoms with van der Waals surface area (Å²) in [5.74, 6) is -0.218. The Hall–Kier alpha value is -2.03. The van der Waals surface area contributed by atoms with E-state index < -0.39 is 0 Å². The van der Waals surface area contributed by atoms with Gasteiger partial charge in [0.2, 0.25) is 0 Å². The Morgan fingerprint density at radius 3 is 2.73 bits per heavy atom. The van der Waals surface area contributed by atoms with Gasteiger partial charge in [0.05, 0.1) is 5.65 Å². The van der Waals surface area contributed by atoms with Gasteiger partial charge in [-0.1, -0.05) is 35.2 Å². The number of pyridine rings is 1. The second kappa shape index (κ2) is 5.64. The van der Waals surface area contributed by atoms with Gasteiger partial charge in [-0.3, -0.25) is 4.98 Å². The van der Waals surface area contributed by atoms with Crippen LogP contribution >= 0.6 is 0 Å². The molecule has 111 valence electrons. The third-order valence-corrected chi connectivity index (χ3v) is 3.68. The van der Waals surface area contributed by atoms with Crippen LogP contribution in [0, 0.1) is 18.8 Å². The largest absolute Gasteiger partial charge is 0.347 e. The average molecular weight is 468 g/mol. The van der Waals surface area contributed by atoms with E-state index in [4.69, 9.17) is 0 Å². The van der Waals surface area contributed by atoms with Gasteiger partial charge < -0.3 is 4.40 Å². The van der Waals surface area contributed by atoms with Crippen LogP contribution < -0.4 is 0 Å². The molecule has 22 heavy (non-hydrogen) atoms. The summed E-state index contributed by atoms with van der Waals surface area (Å²) in [5, 5.41) is 1.87. The van der Waals surface area contributed by atoms with Gasteiger partial charge in [0, 0.05) is 32.0 Å². The number of rotatable bonds is 1. The van der Waals surface area contributed by atoms with E-state index in [9.17, 15) is 4.39 Å². The molecule has 1 radical (unpaired) electrons. The van der Waals surface area contributed by atoms with Gasteiger partial charge in [-0.2, -0.15) is 0 Å². The summed E-state index contributed by atoms with van der Waals surface area (Å²) in [6, 6.07) is 15.8. The van der Waals surface area contributed by atoms with Crippen molar-refractivity contribution >= 4 is 16.4 Å². The summed E-state index contributed by atoms with van der Waals surface area (Å²) in [6.07, 6.45) is 3.92. The number of nitrogens with zero attached hydrogens (tertiary/aromatic N) is 2. The monoisotopic (exact) mass is 468 g/mol. The van der Waals surface area contributed by atoms with Crippen LogP contribution in [0.1, 0.15) is 5.69 Å². The van der Waals surface area contributed by atoms with Crippen LogP contribution in [0.4, 0.5) is 4.39 Å². The van der Waals surface area contributed by atoms with Crippen LogP contribution in [0.15, 0.2) is 54.9 Å². The number of aromatic nitrogens is 2. The molecule has 2 aromatic heterocycles. The summed E-state index contributed by atoms with van der Waals surface area (Å²) < 4.78 is 16.1. The third kappa shape index (κ3) is 2.25. The minimum atomic E-state index is -0.218. The first-order valence-corrected chi connectivity index (χ1v) is 6.77. The summed E-state index contributed by atoms with van der Waals surface area (Å²) in [5.41, 5.74) is 3.27. The van der Waals surface area contributed by atoms with E-state index in [1.54, 1.807) is 12.1 Å². The van der Waals surface area contributed by atoms with Crippen molar-refractivity contribution in [2.24, 2.45) is 0 Å². The number of hydrogen-bond donors (Lipinski definition) is 0. The van der Waals surface area contributed by atoms with Crippen LogP contribution in [0.5, 0.6) is 0 Å². The van der Waals surface area contributed by atoms with Crippen LogP contribution in [0.25, 0.3) is 27.5 Å². The topological polar surface area (TPSA) is 17.3 Å². The smallest absolute Gasteiger partial charge is 0.129 e. The zero-order chi connectivity index (χ0) is 14.4. The normalized spacial score (nSPS) is 10.8. The standard InChI is InChI=1S/C18H12FN2.Ir/c1-12-11-21-10-9-14-13(15-5-2-3-8-17(15)19)6-4-7-16(14)18(21)20-12;/h2-6,8-11H,1H3;/q-1;. The predicted molar refractivity (Wildman–Crippen MR) is 81.7 cm³/mol. The quantitative estimate of drug-likeness (QED) is 0.380. The first kappa shape index (κ1) is 14.9. The van der Waals surface area contributed by atoms with E-state index in [1.165, 1.54) is 6.07 Å². The van der Waals surface area contributed by atoms with E-state index in [0.717, 1.165) is 27.7 Å². The molecule has 0 saturated carbocycles. The molecule has 4 heteroatoms. The molecule has 0 aliphatic heterocycles. The molecule has 0 amide bonds. The first-order chi connectivity index (χ1) is 10.2. The third-order valence-electron chi connectivity index (χ3n) is 3.68. The molecule has 4 aromatic rings. The molecule has 0 unspecified atom stereocenters. The summed E-state index contributed by atoms with van der Waals surface area (Å²) in [7, 11) is 0. The molecule has 2 nitrogen and oxygen atoms in total. The van der Waals surface area contributed by atoms with Crippen molar-refractivity contribution in [1.29, 1.82) is 0 Å². The number of fused-ring (bicyclic) bond motifs is 3. The summed E-state index contributed by atoms with van der Waals surface area (Å²) in [6.45, 7) is 1.96. The van der Waals surface area contributed by atoms with Gasteiger partial charge in [0.15, 0.2) is 0 Å². The van der Waals surface area contributed by atoms with Crippen molar-refractivity contribution in [2.75, 3.05) is 0 Å². The zero-order valence-corrected chi connectivity index (χ0v) is 14.2. The number of halogens is 1. The molecule has 4 rings (SSSR count). The Balaban J connectivity index is 0.00000144. The van der Waals surface area contributed by atoms with E-state index in [1.807, 2.05) is 48.0 Å². The molecule has 0 aliphatic carbocycles. The van der Waals surface area contributed by atoms with Crippen molar-refractivity contribution in [3.8, 4) is 11.1 Å². The Morgan fingerprint density at radius 1 is 1.09 bits per heavy atom. The number of imidazole rings is 1. The van der Waals surface area contributed by atoms with Crippen LogP contribution in [0.3, 0.4) is 0 Å². The van der Waals surface area contributed by atoms with E-state index in [-0.39, 0.29) is 25.9 Å². The van der Waals surface area contributed by atoms with Crippen LogP contribution in [-0.4, -0.2) is 9.38 Å². The van der Waals surface area contributed by atoms with Crippen molar-refractivity contribution in [3.05, 3.63) is 72.4 Å². The van der Waals surface area contributed by atoms with E-state index in [0.29, 0.717) is 5.56 Å². The fourth-order valence-electron chi connectivity index (χ4n) is 2.75. The predicted octanol–water partition coefficient (Wildman–Crippen LogP) is 4.40. The molecule has 0 spiro atoms. The molecule has 0 bridgehead atoms. The van der Waals surface area contributed by atoms with Crippen molar-refractivity contribution in [2.45, 2.75) is 6.92 Å². The van der Waals surface area contributed by atoms with E-state index >= 15 is 0 Å². The summed E-state index contributed by atoms with van der Waals surface area (Å²) in [4.78, 5) is 4.54. The molecule has 0 saturated heterocycles. The molecular weight excluding hydrogens is 455 g/mol. The second-order valence-electron chi connectivity index (χ2n) is 5.09. The Kier molecular flexibility index (Phi) is 3.81. The van der Waals surface area contributed by atoms with Gasteiger partial charge in [0.25, 0.3) is 0 Å². The second-order valence-corrected chi connectivity index (χ2v) is 5.09. The molecule has 0 atom stereocenters. The van der Waals surface area contributed by atoms with Crippen molar-refractivity contribution in [1.82, 2.24) is 9.38 Å². The van der Waals surface area contributed by atoms with Gasteiger partial charge in [-0.15, -0.1) is 23.6 Å². The fourth-order valence-corrected chi connectivity index (χ4v) is 2.75. The first-order valence-electron chi connectivity index (χ1n) is 6.77. The van der Waals surface area contributed by atoms with Gasteiger partial charge in [-0.05, 0) is 24.8 Å². The van der Waals surface area contributed by atoms with Gasteiger partial charge >= 0.3 is 0 Å². The molecule has 0 N–H and O–H groups in total. The average Bonchev–Trinajstić information content (AvgIpc) is 2.88. The maximum atomic E-state index is 14.1. The Labute approximate surface area is 141 Å². The zero-order valence-electron chi connectivity index (χ0n) is 11.8. The number of aryl methyl sites for hydroxylation is 1. The number of benzene rings is 2. The molecule has 0 fully saturated rings. The Bertz CT molecular complexity index is 975. The van der Waals surface area contributed by atoms with Crippen molar-refractivity contribution < 1.29 is 24.5 Å². The summed E-state index contributed by atoms with van der Waals surface area (Å²) >= 11 is 0. The minimum absolute atomic E-state index is 0. The van der Waals surface area contributed by atoms with Gasteiger partial charge in [-0.25, -0.2) is 4.39 Å². The maximum absolute atomic E-state index is 14.1. The Morgan fingerprint density at radius 2 is 1.91 bits per heavy atom. The minimum Gasteiger partial charge on any atom is -0.347 e. The number of hydrogen-bond acceptors (Lipinski definition) is 1. The van der Waals surface area contributed by atoms with E-state index in [2.05, 4.69) is 11.1 Å². The molecule has 2 heterocycles. The SMILES string of the molecule is Cc1cn2ccc3c(-c4ccccc4F)cc[c-]c3c2n1.[Ir]. The maximum Gasteiger partial charge on any atom is 0.129 e. The van der Waals surface area contributed by atoms with Crippen LogP contribution in [-0.2, 0) is 20.1 Å². The van der Waals surface area contributed by atoms with Crippen molar-refractivity contribution in [3.63, 3.8) is 0 Å². The van der Waals surface area contributed by atoms with Crippen LogP contribution in [0.2, 0.25) is 0 Å². The molecule has 2 aromatic carbocycles. The van der Waals surface area contributed by atoms with Gasteiger partial charge in [0.1, 0.15) is 5.82 Å².